The Balaban J connectivity index is 2.36. The van der Waals surface area contributed by atoms with Crippen molar-refractivity contribution in [2.75, 3.05) is 13.2 Å². The molecule has 0 aromatic heterocycles. The molecule has 0 spiro atoms. The van der Waals surface area contributed by atoms with Crippen LogP contribution in [0.25, 0.3) is 0 Å². The first-order valence-electron chi connectivity index (χ1n) is 4.95. The van der Waals surface area contributed by atoms with Gasteiger partial charge in [-0.05, 0) is 18.2 Å². The second-order valence-corrected chi connectivity index (χ2v) is 3.48. The van der Waals surface area contributed by atoms with E-state index in [0.717, 1.165) is 17.9 Å². The summed E-state index contributed by atoms with van der Waals surface area (Å²) >= 11 is 0. The Morgan fingerprint density at radius 3 is 3.07 bits per heavy atom. The summed E-state index contributed by atoms with van der Waals surface area (Å²) in [4.78, 5) is 0. The van der Waals surface area contributed by atoms with Crippen molar-refractivity contribution in [3.63, 3.8) is 0 Å². The Kier molecular flexibility index (Phi) is 2.55. The van der Waals surface area contributed by atoms with Crippen LogP contribution in [-0.4, -0.2) is 13.2 Å². The standard InChI is InChI=1S/C12H15NO/c1-3-13-12-9(2)8-14-11-7-5-4-6-10(11)12/h4-7,12-13H,2-3,8H2,1H3. The third-order valence-corrected chi connectivity index (χ3v) is 2.46. The van der Waals surface area contributed by atoms with Crippen molar-refractivity contribution in [2.24, 2.45) is 0 Å². The largest absolute Gasteiger partial charge is 0.489 e. The van der Waals surface area contributed by atoms with Gasteiger partial charge in [0.05, 0.1) is 6.04 Å². The summed E-state index contributed by atoms with van der Waals surface area (Å²) in [6.07, 6.45) is 0. The van der Waals surface area contributed by atoms with Crippen molar-refractivity contribution in [1.82, 2.24) is 5.32 Å². The molecule has 1 N–H and O–H groups in total. The van der Waals surface area contributed by atoms with Crippen molar-refractivity contribution < 1.29 is 4.74 Å². The molecule has 0 saturated carbocycles. The predicted octanol–water partition coefficient (Wildman–Crippen LogP) is 2.29. The van der Waals surface area contributed by atoms with Crippen LogP contribution in [0.3, 0.4) is 0 Å². The highest BCUT2D eigenvalue weighted by Gasteiger charge is 2.22. The maximum Gasteiger partial charge on any atom is 0.124 e. The van der Waals surface area contributed by atoms with Gasteiger partial charge in [-0.3, -0.25) is 0 Å². The maximum atomic E-state index is 5.57. The summed E-state index contributed by atoms with van der Waals surface area (Å²) in [5.41, 5.74) is 2.30. The molecule has 0 bridgehead atoms. The lowest BCUT2D eigenvalue weighted by molar-refractivity contribution is 0.310. The fraction of sp³-hybridized carbons (Fsp3) is 0.333. The Bertz CT molecular complexity index is 346. The van der Waals surface area contributed by atoms with Gasteiger partial charge in [0.25, 0.3) is 0 Å². The molecule has 14 heavy (non-hydrogen) atoms. The Hall–Kier alpha value is -1.28. The van der Waals surface area contributed by atoms with E-state index in [9.17, 15) is 0 Å². The molecule has 2 heteroatoms. The number of hydrogen-bond donors (Lipinski definition) is 1. The monoisotopic (exact) mass is 189 g/mol. The van der Waals surface area contributed by atoms with Crippen molar-refractivity contribution in [1.29, 1.82) is 0 Å². The SMILES string of the molecule is C=C1COc2ccccc2C1NCC. The minimum Gasteiger partial charge on any atom is -0.489 e. The number of rotatable bonds is 2. The molecule has 1 heterocycles. The molecular weight excluding hydrogens is 174 g/mol. The summed E-state index contributed by atoms with van der Waals surface area (Å²) in [6, 6.07) is 8.38. The lowest BCUT2D eigenvalue weighted by Gasteiger charge is -2.28. The zero-order valence-electron chi connectivity index (χ0n) is 8.42. The molecular formula is C12H15NO. The van der Waals surface area contributed by atoms with Gasteiger partial charge < -0.3 is 10.1 Å². The first-order chi connectivity index (χ1) is 6.83. The van der Waals surface area contributed by atoms with E-state index in [1.165, 1.54) is 5.56 Å². The number of para-hydroxylation sites is 1. The second-order valence-electron chi connectivity index (χ2n) is 3.48. The van der Waals surface area contributed by atoms with Crippen molar-refractivity contribution in [2.45, 2.75) is 13.0 Å². The highest BCUT2D eigenvalue weighted by atomic mass is 16.5. The van der Waals surface area contributed by atoms with E-state index in [0.29, 0.717) is 6.61 Å². The van der Waals surface area contributed by atoms with Crippen LogP contribution < -0.4 is 10.1 Å². The van der Waals surface area contributed by atoms with Crippen molar-refractivity contribution >= 4 is 0 Å². The van der Waals surface area contributed by atoms with Crippen LogP contribution in [0.4, 0.5) is 0 Å². The van der Waals surface area contributed by atoms with Crippen LogP contribution in [0.2, 0.25) is 0 Å². The molecule has 74 valence electrons. The van der Waals surface area contributed by atoms with E-state index in [1.54, 1.807) is 0 Å². The van der Waals surface area contributed by atoms with Crippen LogP contribution in [0, 0.1) is 0 Å². The first-order valence-corrected chi connectivity index (χ1v) is 4.95. The molecule has 1 aromatic rings. The van der Waals surface area contributed by atoms with E-state index < -0.39 is 0 Å². The van der Waals surface area contributed by atoms with E-state index in [4.69, 9.17) is 4.74 Å². The Labute approximate surface area is 84.6 Å². The molecule has 1 atom stereocenters. The smallest absolute Gasteiger partial charge is 0.124 e. The lowest BCUT2D eigenvalue weighted by atomic mass is 9.97. The number of benzene rings is 1. The lowest BCUT2D eigenvalue weighted by Crippen LogP contribution is -2.28. The molecule has 0 saturated heterocycles. The van der Waals surface area contributed by atoms with Crippen LogP contribution in [-0.2, 0) is 0 Å². The Morgan fingerprint density at radius 2 is 2.29 bits per heavy atom. The molecule has 1 unspecified atom stereocenters. The highest BCUT2D eigenvalue weighted by Crippen LogP contribution is 2.33. The number of likely N-dealkylation sites (N-methyl/N-ethyl adjacent to an activating group) is 1. The van der Waals surface area contributed by atoms with Gasteiger partial charge in [0.1, 0.15) is 12.4 Å². The zero-order valence-corrected chi connectivity index (χ0v) is 8.42. The fourth-order valence-corrected chi connectivity index (χ4v) is 1.78. The average molecular weight is 189 g/mol. The number of ether oxygens (including phenoxy) is 1. The first kappa shape index (κ1) is 9.28. The average Bonchev–Trinajstić information content (AvgIpc) is 2.23. The van der Waals surface area contributed by atoms with Crippen LogP contribution in [0.15, 0.2) is 36.4 Å². The van der Waals surface area contributed by atoms with Crippen LogP contribution in [0.1, 0.15) is 18.5 Å². The normalized spacial score (nSPS) is 20.1. The molecule has 1 aromatic carbocycles. The Morgan fingerprint density at radius 1 is 1.50 bits per heavy atom. The molecule has 2 rings (SSSR count). The molecule has 0 fully saturated rings. The maximum absolute atomic E-state index is 5.57. The summed E-state index contributed by atoms with van der Waals surface area (Å²) in [5.74, 6) is 0.978. The fourth-order valence-electron chi connectivity index (χ4n) is 1.78. The van der Waals surface area contributed by atoms with Gasteiger partial charge in [-0.1, -0.05) is 31.7 Å². The minimum absolute atomic E-state index is 0.255. The predicted molar refractivity (Wildman–Crippen MR) is 57.5 cm³/mol. The van der Waals surface area contributed by atoms with Crippen molar-refractivity contribution in [3.05, 3.63) is 42.0 Å². The minimum atomic E-state index is 0.255. The quantitative estimate of drug-likeness (QED) is 0.721. The van der Waals surface area contributed by atoms with E-state index in [-0.39, 0.29) is 6.04 Å². The molecule has 0 radical (unpaired) electrons. The van der Waals surface area contributed by atoms with Gasteiger partial charge in [0.15, 0.2) is 0 Å². The van der Waals surface area contributed by atoms with Gasteiger partial charge in [-0.15, -0.1) is 0 Å². The van der Waals surface area contributed by atoms with Gasteiger partial charge in [-0.25, -0.2) is 0 Å². The topological polar surface area (TPSA) is 21.3 Å². The summed E-state index contributed by atoms with van der Waals surface area (Å²) in [7, 11) is 0. The van der Waals surface area contributed by atoms with Gasteiger partial charge in [0.2, 0.25) is 0 Å². The third-order valence-electron chi connectivity index (χ3n) is 2.46. The summed E-state index contributed by atoms with van der Waals surface area (Å²) in [6.45, 7) is 7.69. The van der Waals surface area contributed by atoms with Crippen molar-refractivity contribution in [3.8, 4) is 5.75 Å². The number of nitrogens with one attached hydrogen (secondary N) is 1. The molecule has 0 amide bonds. The number of fused-ring (bicyclic) bond motifs is 1. The second kappa shape index (κ2) is 3.84. The van der Waals surface area contributed by atoms with E-state index in [1.807, 2.05) is 18.2 Å². The van der Waals surface area contributed by atoms with E-state index >= 15 is 0 Å². The highest BCUT2D eigenvalue weighted by molar-refractivity contribution is 5.42. The molecule has 1 aliphatic rings. The third kappa shape index (κ3) is 1.53. The van der Waals surface area contributed by atoms with Gasteiger partial charge >= 0.3 is 0 Å². The molecule has 0 aliphatic carbocycles. The van der Waals surface area contributed by atoms with Crippen LogP contribution in [0.5, 0.6) is 5.75 Å². The van der Waals surface area contributed by atoms with Crippen LogP contribution >= 0.6 is 0 Å². The summed E-state index contributed by atoms with van der Waals surface area (Å²) in [5, 5.41) is 3.41. The molecule has 1 aliphatic heterocycles. The van der Waals surface area contributed by atoms with E-state index in [2.05, 4.69) is 24.9 Å². The number of hydrogen-bond acceptors (Lipinski definition) is 2. The van der Waals surface area contributed by atoms with Gasteiger partial charge in [0, 0.05) is 5.56 Å². The molecule has 2 nitrogen and oxygen atoms in total. The van der Waals surface area contributed by atoms with Gasteiger partial charge in [-0.2, -0.15) is 0 Å². The summed E-state index contributed by atoms with van der Waals surface area (Å²) < 4.78 is 5.57. The zero-order chi connectivity index (χ0) is 9.97.